The van der Waals surface area contributed by atoms with Crippen LogP contribution in [0.4, 0.5) is 9.59 Å². The third-order valence-electron chi connectivity index (χ3n) is 32.9. The van der Waals surface area contributed by atoms with Crippen LogP contribution in [-0.2, 0) is 67.2 Å². The van der Waals surface area contributed by atoms with Gasteiger partial charge in [0.2, 0.25) is 23.6 Å². The summed E-state index contributed by atoms with van der Waals surface area (Å²) in [5.41, 5.74) is 27.6. The second-order valence-electron chi connectivity index (χ2n) is 41.3. The van der Waals surface area contributed by atoms with Gasteiger partial charge < -0.3 is 45.6 Å². The molecule has 5 aromatic carbocycles. The van der Waals surface area contributed by atoms with Crippen LogP contribution in [0.15, 0.2) is 161 Å². The van der Waals surface area contributed by atoms with Gasteiger partial charge in [-0.2, -0.15) is 0 Å². The monoisotopic (exact) mass is 2120 g/mol. The van der Waals surface area contributed by atoms with Gasteiger partial charge in [0.25, 0.3) is 0 Å². The zero-order valence-electron chi connectivity index (χ0n) is 81.3. The second-order valence-corrected chi connectivity index (χ2v) is 44.9. The highest BCUT2D eigenvalue weighted by Gasteiger charge is 2.45. The minimum atomic E-state index is -0.441. The van der Waals surface area contributed by atoms with Gasteiger partial charge in [-0.05, 0) is 319 Å². The standard InChI is InChI=1S/C39H47BrClN5O2.C38H46BrClN6O2.C34H41Cl2N5O4/c1-27(47)43-15-11-29(12-16-43)22-37(48)46-20-19-45(26-35(46)21-28-5-3-2-4-6-28)34-13-17-44(18-14-34)39-36-10-9-33(41)24-30(36)7-8-31-23-32(40)25-42-38(31)39;39-30-22-29-7-6-28-23-31(40)8-9-34(28)37(36(29)42-24-30)43-16-12-32(13-17-43)45-18-19-46(33(25-45)20-26-4-2-1-3-5-26)35(47)21-27-10-14-44(15-11-27)38(41)48;1-45-33(43)29-18-24-17-25(35)2-3-27(24)32(31-28(29)19-26(36)20-38-31)40-14-8-23(9-15-40)22-6-12-39(13-7-22)30(42)16-21-4-10-41(11-5-21)34(37)44/h2-6,9-10,23-25,29,34-35,39H,7-8,11-22,26H2,1H3;1-5,8-9,22-24,27,32-33,37H,6-7,10-21,25H2,(H2,41,48);2-3,17-23,32H,4-16H2,1H3,(H2,37,44). The molecule has 0 saturated carbocycles. The Kier molecular flexibility index (Phi) is 34.1. The molecule has 8 aromatic rings. The maximum atomic E-state index is 13.9. The summed E-state index contributed by atoms with van der Waals surface area (Å²) in [7, 11) is 1.38. The number of ether oxygens (including phenoxy) is 1. The summed E-state index contributed by atoms with van der Waals surface area (Å²) in [6.07, 6.45) is 28.5. The van der Waals surface area contributed by atoms with E-state index in [9.17, 15) is 33.6 Å². The number of carbonyl (C=O) groups is 7. The number of hydrogen-bond donors (Lipinski definition) is 2. The number of likely N-dealkylation sites (tertiary alicyclic amines) is 7. The summed E-state index contributed by atoms with van der Waals surface area (Å²) in [6.45, 7) is 18.4. The summed E-state index contributed by atoms with van der Waals surface area (Å²) in [4.78, 5) is 128. The molecule has 4 N–H and O–H groups in total. The molecule has 0 radical (unpaired) electrons. The van der Waals surface area contributed by atoms with Crippen LogP contribution in [0.5, 0.6) is 0 Å². The number of piperazine rings is 2. The molecule has 9 aliphatic heterocycles. The van der Waals surface area contributed by atoms with Crippen molar-refractivity contribution in [3.63, 3.8) is 0 Å². The lowest BCUT2D eigenvalue weighted by Crippen LogP contribution is -2.59. The number of aromatic nitrogens is 3. The molecule has 12 aliphatic rings. The zero-order chi connectivity index (χ0) is 98.1. The van der Waals surface area contributed by atoms with Gasteiger partial charge in [0, 0.05) is 216 Å². The fraction of sp³-hybridized carbons (Fsp3) is 0.514. The fourth-order valence-electron chi connectivity index (χ4n) is 25.2. The van der Waals surface area contributed by atoms with Crippen molar-refractivity contribution >= 4 is 132 Å². The number of fused-ring (bicyclic) bond motifs is 6. The highest BCUT2D eigenvalue weighted by molar-refractivity contribution is 9.10. The number of carbonyl (C=O) groups excluding carboxylic acids is 7. The number of amides is 8. The number of nitrogens with two attached hydrogens (primary N) is 2. The van der Waals surface area contributed by atoms with E-state index < -0.39 is 5.97 Å². The highest BCUT2D eigenvalue weighted by atomic mass is 79.9. The minimum absolute atomic E-state index is 0.124. The maximum Gasteiger partial charge on any atom is 0.338 e. The summed E-state index contributed by atoms with van der Waals surface area (Å²) >= 11 is 33.1. The third-order valence-corrected chi connectivity index (χ3v) is 34.7. The molecular formula is C111H134Br2Cl4N16O8. The first-order valence-corrected chi connectivity index (χ1v) is 54.6. The molecular weight excluding hydrogens is 1990 g/mol. The van der Waals surface area contributed by atoms with E-state index in [1.165, 1.54) is 63.0 Å². The number of esters is 1. The molecule has 8 amide bonds. The van der Waals surface area contributed by atoms with Crippen LogP contribution in [0.25, 0.3) is 11.6 Å². The molecule has 24 nitrogen and oxygen atoms in total. The van der Waals surface area contributed by atoms with Gasteiger partial charge in [0.05, 0.1) is 52.9 Å². The van der Waals surface area contributed by atoms with Crippen molar-refractivity contribution in [3.05, 3.63) is 259 Å². The summed E-state index contributed by atoms with van der Waals surface area (Å²) in [5.74, 6) is 2.70. The van der Waals surface area contributed by atoms with E-state index >= 15 is 0 Å². The first kappa shape index (κ1) is 102. The van der Waals surface area contributed by atoms with Crippen LogP contribution in [0.3, 0.4) is 0 Å². The molecule has 30 heteroatoms. The third kappa shape index (κ3) is 24.8. The van der Waals surface area contributed by atoms with Gasteiger partial charge in [-0.25, -0.2) is 14.4 Å². The summed E-state index contributed by atoms with van der Waals surface area (Å²) < 4.78 is 7.21. The molecule has 9 saturated heterocycles. The Labute approximate surface area is 867 Å². The number of halogens is 6. The van der Waals surface area contributed by atoms with E-state index in [2.05, 4.69) is 168 Å². The van der Waals surface area contributed by atoms with Gasteiger partial charge in [0.15, 0.2) is 0 Å². The minimum Gasteiger partial charge on any atom is -0.465 e. The first-order valence-electron chi connectivity index (χ1n) is 51.5. The van der Waals surface area contributed by atoms with Crippen LogP contribution >= 0.6 is 78.3 Å². The van der Waals surface area contributed by atoms with Gasteiger partial charge in [-0.1, -0.05) is 125 Å². The summed E-state index contributed by atoms with van der Waals surface area (Å²) in [6, 6.07) is 46.9. The average Bonchev–Trinajstić information content (AvgIpc) is 1.69. The van der Waals surface area contributed by atoms with Crippen LogP contribution in [0.2, 0.25) is 20.1 Å². The Hall–Kier alpha value is -8.90. The molecule has 0 bridgehead atoms. The molecule has 9 fully saturated rings. The van der Waals surface area contributed by atoms with Crippen LogP contribution in [0, 0.1) is 29.6 Å². The van der Waals surface area contributed by atoms with Crippen molar-refractivity contribution in [2.24, 2.45) is 41.1 Å². The Morgan fingerprint density at radius 1 is 0.383 bits per heavy atom. The van der Waals surface area contributed by atoms with E-state index in [0.29, 0.717) is 108 Å². The molecule has 0 spiro atoms. The second kappa shape index (κ2) is 47.1. The molecule has 5 unspecified atom stereocenters. The molecule has 12 heterocycles. The van der Waals surface area contributed by atoms with Crippen LogP contribution in [-0.4, -0.2) is 273 Å². The van der Waals surface area contributed by atoms with Gasteiger partial charge in [0.1, 0.15) is 0 Å². The van der Waals surface area contributed by atoms with E-state index in [4.69, 9.17) is 77.6 Å². The van der Waals surface area contributed by atoms with Crippen molar-refractivity contribution < 1.29 is 38.3 Å². The molecule has 3 aromatic heterocycles. The average molecular weight is 2120 g/mol. The van der Waals surface area contributed by atoms with Crippen molar-refractivity contribution in [3.8, 4) is 0 Å². The Balaban J connectivity index is 0.000000140. The lowest BCUT2D eigenvalue weighted by Gasteiger charge is -2.48. The fourth-order valence-corrected chi connectivity index (χ4v) is 26.6. The van der Waals surface area contributed by atoms with Gasteiger partial charge in [-0.3, -0.25) is 58.6 Å². The van der Waals surface area contributed by atoms with E-state index in [1.54, 1.807) is 29.0 Å². The summed E-state index contributed by atoms with van der Waals surface area (Å²) in [5, 5.41) is 2.65. The molecule has 748 valence electrons. The Bertz CT molecular complexity index is 5450. The van der Waals surface area contributed by atoms with E-state index in [1.807, 2.05) is 53.7 Å². The predicted octanol–water partition coefficient (Wildman–Crippen LogP) is 18.3. The number of methoxy groups -OCH3 is 1. The normalized spacial score (nSPS) is 22.6. The van der Waals surface area contributed by atoms with Crippen molar-refractivity contribution in [1.29, 1.82) is 0 Å². The number of primary amides is 2. The molecule has 3 aliphatic carbocycles. The Morgan fingerprint density at radius 2 is 0.766 bits per heavy atom. The quantitative estimate of drug-likeness (QED) is 0.0803. The van der Waals surface area contributed by atoms with Crippen molar-refractivity contribution in [2.45, 2.75) is 197 Å². The van der Waals surface area contributed by atoms with E-state index in [-0.39, 0.29) is 65.9 Å². The smallest absolute Gasteiger partial charge is 0.338 e. The maximum absolute atomic E-state index is 13.9. The number of benzene rings is 5. The highest BCUT2D eigenvalue weighted by Crippen LogP contribution is 2.47. The Morgan fingerprint density at radius 3 is 1.20 bits per heavy atom. The molecule has 141 heavy (non-hydrogen) atoms. The number of pyridine rings is 3. The van der Waals surface area contributed by atoms with Gasteiger partial charge >= 0.3 is 18.0 Å². The SMILES string of the molecule is CC(=O)N1CCC(CC(=O)N2CCN(C3CCN(C4c5ccc(Cl)cc5CCc5cc(Br)cnc54)CC3)CC2Cc2ccccc2)CC1.COC(=O)C1=Cc2cc(Cl)ccc2C(N2CCC(C3CCN(C(=O)CC4CCN(C(N)=O)CC4)CC3)CC2)c2ncc(Cl)cc21.NC(=O)N1CCC(CC(=O)N2CCN(C3CCN(C4c5ccc(Cl)cc5CCc5cc(Br)cnc54)CC3)CC2Cc2ccccc2)CC1. The number of piperidine rings is 7. The van der Waals surface area contributed by atoms with Crippen molar-refractivity contribution in [2.75, 3.05) is 138 Å². The lowest BCUT2D eigenvalue weighted by molar-refractivity contribution is -0.139. The molecule has 5 atom stereocenters. The van der Waals surface area contributed by atoms with Crippen molar-refractivity contribution in [1.82, 2.24) is 68.9 Å². The topological polar surface area (TPSA) is 255 Å². The van der Waals surface area contributed by atoms with E-state index in [0.717, 1.165) is 269 Å². The van der Waals surface area contributed by atoms with Gasteiger partial charge in [-0.15, -0.1) is 0 Å². The van der Waals surface area contributed by atoms with Crippen LogP contribution < -0.4 is 11.5 Å². The lowest BCUT2D eigenvalue weighted by atomic mass is 9.78. The number of hydrogen-bond acceptors (Lipinski definition) is 16. The first-order chi connectivity index (χ1) is 68.3. The predicted molar refractivity (Wildman–Crippen MR) is 562 cm³/mol. The number of nitrogens with zero attached hydrogens (tertiary/aromatic N) is 14. The molecule has 20 rings (SSSR count). The number of rotatable bonds is 17. The zero-order valence-corrected chi connectivity index (χ0v) is 87.5. The number of urea groups is 2. The largest absolute Gasteiger partial charge is 0.465 e. The number of aryl methyl sites for hydroxylation is 4. The van der Waals surface area contributed by atoms with Crippen LogP contribution in [0.1, 0.15) is 212 Å².